The highest BCUT2D eigenvalue weighted by atomic mass is 16.6. The second-order valence-electron chi connectivity index (χ2n) is 6.22. The first-order valence-electron chi connectivity index (χ1n) is 8.71. The molecular weight excluding hydrogens is 438 g/mol. The zero-order valence-electron chi connectivity index (χ0n) is 17.0. The molecule has 0 aliphatic carbocycles. The van der Waals surface area contributed by atoms with Crippen LogP contribution in [0, 0.1) is 30.3 Å². The molecule has 0 unspecified atom stereocenters. The minimum absolute atomic E-state index is 0.0447. The summed E-state index contributed by atoms with van der Waals surface area (Å²) >= 11 is 0. The molecule has 0 spiro atoms. The van der Waals surface area contributed by atoms with Crippen molar-refractivity contribution in [2.75, 3.05) is 34.4 Å². The maximum absolute atomic E-state index is 10.2. The van der Waals surface area contributed by atoms with Gasteiger partial charge in [-0.2, -0.15) is 0 Å². The van der Waals surface area contributed by atoms with Gasteiger partial charge < -0.3 is 34.4 Å². The van der Waals surface area contributed by atoms with Crippen LogP contribution < -0.4 is 34.4 Å². The smallest absolute Gasteiger partial charge is 0.294 e. The van der Waals surface area contributed by atoms with E-state index in [0.29, 0.717) is 17.1 Å². The number of nitrogens with two attached hydrogens (primary N) is 6. The molecule has 15 heteroatoms. The Balaban J connectivity index is 0.000000247. The van der Waals surface area contributed by atoms with Gasteiger partial charge in [0.2, 0.25) is 0 Å². The fourth-order valence-corrected chi connectivity index (χ4v) is 2.13. The second kappa shape index (κ2) is 11.2. The van der Waals surface area contributed by atoms with E-state index in [1.165, 1.54) is 54.6 Å². The number of nitro benzene ring substituents is 3. The lowest BCUT2D eigenvalue weighted by atomic mass is 10.2. The summed E-state index contributed by atoms with van der Waals surface area (Å²) in [7, 11) is 0. The first-order chi connectivity index (χ1) is 15.3. The third-order valence-corrected chi connectivity index (χ3v) is 3.78. The lowest BCUT2D eigenvalue weighted by Gasteiger charge is -1.97. The maximum atomic E-state index is 10.2. The van der Waals surface area contributed by atoms with Gasteiger partial charge in [-0.05, 0) is 30.3 Å². The number of benzene rings is 3. The van der Waals surface area contributed by atoms with E-state index in [0.717, 1.165) is 0 Å². The lowest BCUT2D eigenvalue weighted by molar-refractivity contribution is -0.384. The van der Waals surface area contributed by atoms with Crippen LogP contribution in [0.15, 0.2) is 54.6 Å². The van der Waals surface area contributed by atoms with Crippen molar-refractivity contribution in [2.45, 2.75) is 0 Å². The molecule has 0 atom stereocenters. The molecule has 0 aliphatic rings. The van der Waals surface area contributed by atoms with Crippen molar-refractivity contribution < 1.29 is 14.8 Å². The van der Waals surface area contributed by atoms with Gasteiger partial charge in [-0.15, -0.1) is 0 Å². The van der Waals surface area contributed by atoms with Gasteiger partial charge >= 0.3 is 0 Å². The Hall–Kier alpha value is -5.34. The van der Waals surface area contributed by atoms with Gasteiger partial charge in [0.1, 0.15) is 11.4 Å². The van der Waals surface area contributed by atoms with Gasteiger partial charge in [-0.25, -0.2) is 0 Å². The SMILES string of the molecule is Nc1ccc(N)c([N+](=O)[O-])c1.Nc1ccc([N+](=O)[O-])c(N)c1.Nc1ccc([N+](=O)[O-])cc1N. The van der Waals surface area contributed by atoms with E-state index in [1.54, 1.807) is 0 Å². The summed E-state index contributed by atoms with van der Waals surface area (Å²) in [6.07, 6.45) is 0. The highest BCUT2D eigenvalue weighted by Gasteiger charge is 2.10. The van der Waals surface area contributed by atoms with E-state index in [2.05, 4.69) is 0 Å². The quantitative estimate of drug-likeness (QED) is 0.187. The van der Waals surface area contributed by atoms with Crippen molar-refractivity contribution >= 4 is 51.2 Å². The first-order valence-corrected chi connectivity index (χ1v) is 8.71. The van der Waals surface area contributed by atoms with Crippen LogP contribution >= 0.6 is 0 Å². The molecule has 0 amide bonds. The molecule has 12 N–H and O–H groups in total. The summed E-state index contributed by atoms with van der Waals surface area (Å²) in [5.74, 6) is 0. The van der Waals surface area contributed by atoms with Gasteiger partial charge in [0, 0.05) is 35.6 Å². The summed E-state index contributed by atoms with van der Waals surface area (Å²) in [5.41, 5.74) is 33.2. The Morgan fingerprint density at radius 1 is 0.485 bits per heavy atom. The summed E-state index contributed by atoms with van der Waals surface area (Å²) in [6, 6.07) is 12.2. The molecule has 174 valence electrons. The number of nitro groups is 3. The average Bonchev–Trinajstić information content (AvgIpc) is 2.72. The number of anilines is 6. The third-order valence-electron chi connectivity index (χ3n) is 3.78. The second-order valence-corrected chi connectivity index (χ2v) is 6.22. The Morgan fingerprint density at radius 3 is 1.45 bits per heavy atom. The standard InChI is InChI=1S/3C6H7N3O2/c7-4-1-2-6(9(10)11)5(8)3-4;7-5-2-1-4(9(10)11)3-6(5)8;7-4-1-2-5(8)6(3-4)9(10)11/h3*1-3H,7-8H2. The molecule has 3 aromatic rings. The third kappa shape index (κ3) is 7.78. The predicted molar refractivity (Wildman–Crippen MR) is 126 cm³/mol. The highest BCUT2D eigenvalue weighted by Crippen LogP contribution is 2.23. The fraction of sp³-hybridized carbons (Fsp3) is 0. The molecule has 15 nitrogen and oxygen atoms in total. The van der Waals surface area contributed by atoms with Crippen LogP contribution in [0.2, 0.25) is 0 Å². The summed E-state index contributed by atoms with van der Waals surface area (Å²) in [4.78, 5) is 29.0. The molecule has 0 saturated carbocycles. The van der Waals surface area contributed by atoms with Gasteiger partial charge in [0.15, 0.2) is 0 Å². The summed E-state index contributed by atoms with van der Waals surface area (Å²) < 4.78 is 0. The van der Waals surface area contributed by atoms with E-state index < -0.39 is 14.8 Å². The molecule has 0 aromatic heterocycles. The van der Waals surface area contributed by atoms with Gasteiger partial charge in [-0.1, -0.05) is 0 Å². The van der Waals surface area contributed by atoms with Crippen molar-refractivity contribution in [2.24, 2.45) is 0 Å². The number of rotatable bonds is 3. The van der Waals surface area contributed by atoms with Crippen LogP contribution in [0.25, 0.3) is 0 Å². The van der Waals surface area contributed by atoms with E-state index in [9.17, 15) is 30.3 Å². The van der Waals surface area contributed by atoms with E-state index >= 15 is 0 Å². The Labute approximate surface area is 186 Å². The lowest BCUT2D eigenvalue weighted by Crippen LogP contribution is -1.96. The van der Waals surface area contributed by atoms with Crippen LogP contribution in [0.3, 0.4) is 0 Å². The number of nitrogens with zero attached hydrogens (tertiary/aromatic N) is 3. The van der Waals surface area contributed by atoms with Gasteiger partial charge in [-0.3, -0.25) is 30.3 Å². The number of nitrogen functional groups attached to an aromatic ring is 6. The molecule has 0 aliphatic heterocycles. The molecule has 0 bridgehead atoms. The van der Waals surface area contributed by atoms with Crippen LogP contribution in [0.5, 0.6) is 0 Å². The zero-order valence-corrected chi connectivity index (χ0v) is 17.0. The highest BCUT2D eigenvalue weighted by molar-refractivity contribution is 5.67. The fourth-order valence-electron chi connectivity index (χ4n) is 2.13. The maximum Gasteiger partial charge on any atom is 0.294 e. The number of hydrogen-bond donors (Lipinski definition) is 6. The summed E-state index contributed by atoms with van der Waals surface area (Å²) in [6.45, 7) is 0. The topological polar surface area (TPSA) is 286 Å². The van der Waals surface area contributed by atoms with Crippen molar-refractivity contribution in [3.8, 4) is 0 Å². The first kappa shape index (κ1) is 25.7. The number of hydrogen-bond acceptors (Lipinski definition) is 12. The van der Waals surface area contributed by atoms with Crippen LogP contribution in [-0.2, 0) is 0 Å². The molecule has 33 heavy (non-hydrogen) atoms. The van der Waals surface area contributed by atoms with E-state index in [4.69, 9.17) is 34.4 Å². The van der Waals surface area contributed by atoms with Crippen molar-refractivity contribution in [1.29, 1.82) is 0 Å². The largest absolute Gasteiger partial charge is 0.399 e. The minimum Gasteiger partial charge on any atom is -0.399 e. The monoisotopic (exact) mass is 459 g/mol. The van der Waals surface area contributed by atoms with E-state index in [-0.39, 0.29) is 34.1 Å². The van der Waals surface area contributed by atoms with Crippen LogP contribution in [0.4, 0.5) is 51.2 Å². The molecular formula is C18H21N9O6. The van der Waals surface area contributed by atoms with Crippen LogP contribution in [0.1, 0.15) is 0 Å². The Morgan fingerprint density at radius 2 is 1.00 bits per heavy atom. The van der Waals surface area contributed by atoms with Crippen molar-refractivity contribution in [1.82, 2.24) is 0 Å². The molecule has 0 radical (unpaired) electrons. The minimum atomic E-state index is -0.564. The zero-order chi connectivity index (χ0) is 25.3. The van der Waals surface area contributed by atoms with Crippen molar-refractivity contribution in [3.05, 3.63) is 84.9 Å². The number of non-ortho nitro benzene ring substituents is 1. The van der Waals surface area contributed by atoms with Crippen molar-refractivity contribution in [3.63, 3.8) is 0 Å². The normalized spacial score (nSPS) is 9.45. The predicted octanol–water partition coefficient (Wildman–Crippen LogP) is 2.28. The molecule has 0 saturated heterocycles. The molecule has 3 rings (SSSR count). The molecule has 3 aromatic carbocycles. The Bertz CT molecular complexity index is 1190. The average molecular weight is 459 g/mol. The Kier molecular flexibility index (Phi) is 8.69. The molecule has 0 fully saturated rings. The molecule has 0 heterocycles. The van der Waals surface area contributed by atoms with Gasteiger partial charge in [0.25, 0.3) is 17.1 Å². The van der Waals surface area contributed by atoms with Crippen LogP contribution in [-0.4, -0.2) is 14.8 Å². The summed E-state index contributed by atoms with van der Waals surface area (Å²) in [5, 5.41) is 30.6. The van der Waals surface area contributed by atoms with Gasteiger partial charge in [0.05, 0.1) is 26.1 Å². The van der Waals surface area contributed by atoms with E-state index in [1.807, 2.05) is 0 Å².